The van der Waals surface area contributed by atoms with Crippen LogP contribution >= 0.6 is 23.2 Å². The summed E-state index contributed by atoms with van der Waals surface area (Å²) in [5.41, 5.74) is 4.04. The number of carboxylic acids is 1. The van der Waals surface area contributed by atoms with Gasteiger partial charge in [0.15, 0.2) is 0 Å². The summed E-state index contributed by atoms with van der Waals surface area (Å²) in [7, 11) is 0. The molecule has 1 saturated heterocycles. The van der Waals surface area contributed by atoms with E-state index in [1.54, 1.807) is 16.9 Å². The molecule has 1 fully saturated rings. The summed E-state index contributed by atoms with van der Waals surface area (Å²) in [6.07, 6.45) is 6.92. The Labute approximate surface area is 167 Å². The molecule has 5 nitrogen and oxygen atoms in total. The molecule has 3 heterocycles. The lowest BCUT2D eigenvalue weighted by Gasteiger charge is -2.29. The Hall–Kier alpha value is -2.24. The molecule has 2 aromatic heterocycles. The van der Waals surface area contributed by atoms with Crippen LogP contribution < -0.4 is 4.90 Å². The predicted molar refractivity (Wildman–Crippen MR) is 108 cm³/mol. The van der Waals surface area contributed by atoms with E-state index < -0.39 is 5.97 Å². The minimum absolute atomic E-state index is 0.0810. The normalized spacial score (nSPS) is 14.7. The Morgan fingerprint density at radius 2 is 1.81 bits per heavy atom. The van der Waals surface area contributed by atoms with Gasteiger partial charge in [0, 0.05) is 36.1 Å². The fourth-order valence-electron chi connectivity index (χ4n) is 3.66. The van der Waals surface area contributed by atoms with Gasteiger partial charge in [0.05, 0.1) is 28.2 Å². The van der Waals surface area contributed by atoms with Crippen molar-refractivity contribution in [2.24, 2.45) is 0 Å². The van der Waals surface area contributed by atoms with Gasteiger partial charge in [-0.1, -0.05) is 23.2 Å². The molecule has 0 aliphatic carbocycles. The minimum Gasteiger partial charge on any atom is -0.481 e. The molecule has 1 aliphatic rings. The Bertz CT molecular complexity index is 987. The van der Waals surface area contributed by atoms with E-state index in [0.717, 1.165) is 35.4 Å². The third-order valence-electron chi connectivity index (χ3n) is 4.98. The standard InChI is InChI=1S/C20H19Cl2N3O2/c21-16-10-15(24-5-2-1-3-6-24)11-17(22)20(16)13-4-7-25-18(8-13)14(12-23-25)9-19(26)27/h4,7-8,10-12H,1-3,5-6,9H2,(H,26,27). The van der Waals surface area contributed by atoms with E-state index in [4.69, 9.17) is 28.3 Å². The molecule has 0 saturated carbocycles. The van der Waals surface area contributed by atoms with Crippen molar-refractivity contribution in [1.29, 1.82) is 0 Å². The van der Waals surface area contributed by atoms with Gasteiger partial charge in [-0.25, -0.2) is 4.52 Å². The number of hydrogen-bond donors (Lipinski definition) is 1. The highest BCUT2D eigenvalue weighted by atomic mass is 35.5. The number of carbonyl (C=O) groups is 1. The number of aromatic nitrogens is 2. The van der Waals surface area contributed by atoms with Crippen LogP contribution in [0.25, 0.3) is 16.6 Å². The van der Waals surface area contributed by atoms with Crippen molar-refractivity contribution >= 4 is 40.4 Å². The first-order valence-electron chi connectivity index (χ1n) is 8.95. The van der Waals surface area contributed by atoms with Crippen LogP contribution in [0.2, 0.25) is 10.0 Å². The van der Waals surface area contributed by atoms with Gasteiger partial charge in [0.25, 0.3) is 0 Å². The van der Waals surface area contributed by atoms with E-state index in [1.807, 2.05) is 24.3 Å². The zero-order valence-electron chi connectivity index (χ0n) is 14.7. The second kappa shape index (κ2) is 7.41. The first-order chi connectivity index (χ1) is 13.0. The van der Waals surface area contributed by atoms with Crippen molar-refractivity contribution in [2.45, 2.75) is 25.7 Å². The van der Waals surface area contributed by atoms with Crippen LogP contribution in [0.3, 0.4) is 0 Å². The summed E-state index contributed by atoms with van der Waals surface area (Å²) in [5.74, 6) is -0.891. The third-order valence-corrected chi connectivity index (χ3v) is 5.58. The summed E-state index contributed by atoms with van der Waals surface area (Å²) in [6.45, 7) is 2.04. The molecule has 7 heteroatoms. The molecule has 0 radical (unpaired) electrons. The zero-order valence-corrected chi connectivity index (χ0v) is 16.2. The lowest BCUT2D eigenvalue weighted by atomic mass is 10.0. The molecule has 140 valence electrons. The first-order valence-corrected chi connectivity index (χ1v) is 9.71. The predicted octanol–water partition coefficient (Wildman–Crippen LogP) is 4.93. The molecule has 4 rings (SSSR count). The number of pyridine rings is 1. The SMILES string of the molecule is O=C(O)Cc1cnn2ccc(-c3c(Cl)cc(N4CCCCC4)cc3Cl)cc12. The summed E-state index contributed by atoms with van der Waals surface area (Å²) in [5, 5.41) is 14.5. The smallest absolute Gasteiger partial charge is 0.307 e. The van der Waals surface area contributed by atoms with Gasteiger partial charge in [-0.05, 0) is 49.1 Å². The van der Waals surface area contributed by atoms with Gasteiger partial charge < -0.3 is 10.0 Å². The fraction of sp³-hybridized carbons (Fsp3) is 0.300. The number of fused-ring (bicyclic) bond motifs is 1. The maximum absolute atomic E-state index is 11.1. The van der Waals surface area contributed by atoms with Crippen LogP contribution in [0.5, 0.6) is 0 Å². The molecule has 3 aromatic rings. The Morgan fingerprint density at radius 3 is 2.48 bits per heavy atom. The Balaban J connectivity index is 1.75. The molecule has 1 N–H and O–H groups in total. The molecular weight excluding hydrogens is 385 g/mol. The van der Waals surface area contributed by atoms with Crippen LogP contribution in [-0.4, -0.2) is 33.8 Å². The lowest BCUT2D eigenvalue weighted by molar-refractivity contribution is -0.136. The van der Waals surface area contributed by atoms with Crippen molar-refractivity contribution in [2.75, 3.05) is 18.0 Å². The average molecular weight is 404 g/mol. The van der Waals surface area contributed by atoms with E-state index in [-0.39, 0.29) is 6.42 Å². The number of rotatable bonds is 4. The van der Waals surface area contributed by atoms with Crippen molar-refractivity contribution in [1.82, 2.24) is 9.61 Å². The molecule has 0 unspecified atom stereocenters. The van der Waals surface area contributed by atoms with Gasteiger partial charge in [0.2, 0.25) is 0 Å². The van der Waals surface area contributed by atoms with Crippen molar-refractivity contribution in [3.8, 4) is 11.1 Å². The highest BCUT2D eigenvalue weighted by Gasteiger charge is 2.17. The molecular formula is C20H19Cl2N3O2. The van der Waals surface area contributed by atoms with E-state index >= 15 is 0 Å². The van der Waals surface area contributed by atoms with Gasteiger partial charge >= 0.3 is 5.97 Å². The van der Waals surface area contributed by atoms with Gasteiger partial charge in [0.1, 0.15) is 0 Å². The van der Waals surface area contributed by atoms with Crippen molar-refractivity contribution in [3.63, 3.8) is 0 Å². The van der Waals surface area contributed by atoms with E-state index in [0.29, 0.717) is 15.6 Å². The molecule has 0 atom stereocenters. The van der Waals surface area contributed by atoms with Crippen LogP contribution in [0, 0.1) is 0 Å². The van der Waals surface area contributed by atoms with Crippen LogP contribution in [0.4, 0.5) is 5.69 Å². The highest BCUT2D eigenvalue weighted by molar-refractivity contribution is 6.39. The van der Waals surface area contributed by atoms with Gasteiger partial charge in [-0.2, -0.15) is 5.10 Å². The number of hydrogen-bond acceptors (Lipinski definition) is 3. The number of benzene rings is 1. The summed E-state index contributed by atoms with van der Waals surface area (Å²) in [6, 6.07) is 7.71. The second-order valence-electron chi connectivity index (χ2n) is 6.82. The summed E-state index contributed by atoms with van der Waals surface area (Å²) in [4.78, 5) is 13.4. The van der Waals surface area contributed by atoms with Gasteiger partial charge in [-0.3, -0.25) is 4.79 Å². The topological polar surface area (TPSA) is 57.8 Å². The molecule has 27 heavy (non-hydrogen) atoms. The van der Waals surface area contributed by atoms with Gasteiger partial charge in [-0.15, -0.1) is 0 Å². The number of piperidine rings is 1. The maximum atomic E-state index is 11.1. The maximum Gasteiger partial charge on any atom is 0.307 e. The summed E-state index contributed by atoms with van der Waals surface area (Å²) < 4.78 is 1.66. The number of halogens is 2. The largest absolute Gasteiger partial charge is 0.481 e. The second-order valence-corrected chi connectivity index (χ2v) is 7.63. The molecule has 0 spiro atoms. The number of carboxylic acid groups (broad SMARTS) is 1. The number of anilines is 1. The third kappa shape index (κ3) is 3.62. The number of aliphatic carboxylic acids is 1. The Kier molecular flexibility index (Phi) is 4.98. The molecule has 0 amide bonds. The molecule has 0 bridgehead atoms. The summed E-state index contributed by atoms with van der Waals surface area (Å²) >= 11 is 13.2. The Morgan fingerprint density at radius 1 is 1.11 bits per heavy atom. The molecule has 1 aliphatic heterocycles. The van der Waals surface area contributed by atoms with E-state index in [1.165, 1.54) is 19.3 Å². The van der Waals surface area contributed by atoms with E-state index in [2.05, 4.69) is 10.00 Å². The molecule has 1 aromatic carbocycles. The van der Waals surface area contributed by atoms with Crippen molar-refractivity contribution in [3.05, 3.63) is 52.3 Å². The highest BCUT2D eigenvalue weighted by Crippen LogP contribution is 2.39. The lowest BCUT2D eigenvalue weighted by Crippen LogP contribution is -2.29. The van der Waals surface area contributed by atoms with Crippen LogP contribution in [0.15, 0.2) is 36.7 Å². The zero-order chi connectivity index (χ0) is 19.0. The number of nitrogens with zero attached hydrogens (tertiary/aromatic N) is 3. The monoisotopic (exact) mass is 403 g/mol. The quantitative estimate of drug-likeness (QED) is 0.670. The average Bonchev–Trinajstić information content (AvgIpc) is 3.03. The van der Waals surface area contributed by atoms with Crippen molar-refractivity contribution < 1.29 is 9.90 Å². The van der Waals surface area contributed by atoms with Crippen LogP contribution in [-0.2, 0) is 11.2 Å². The van der Waals surface area contributed by atoms with E-state index in [9.17, 15) is 4.79 Å². The fourth-order valence-corrected chi connectivity index (χ4v) is 4.35. The first kappa shape index (κ1) is 18.1. The minimum atomic E-state index is -0.891. The van der Waals surface area contributed by atoms with Crippen LogP contribution in [0.1, 0.15) is 24.8 Å².